The van der Waals surface area contributed by atoms with Crippen LogP contribution in [0.4, 0.5) is 5.95 Å². The van der Waals surface area contributed by atoms with Crippen LogP contribution in [0, 0.1) is 0 Å². The van der Waals surface area contributed by atoms with Gasteiger partial charge in [0.2, 0.25) is 5.95 Å². The predicted molar refractivity (Wildman–Crippen MR) is 79.9 cm³/mol. The average Bonchev–Trinajstić information content (AvgIpc) is 2.93. The number of hydrogen-bond donors (Lipinski definition) is 5. The van der Waals surface area contributed by atoms with Gasteiger partial charge in [0.1, 0.15) is 18.3 Å². The Morgan fingerprint density at radius 2 is 2.05 bits per heavy atom. The molecule has 1 fully saturated rings. The van der Waals surface area contributed by atoms with Gasteiger partial charge in [-0.1, -0.05) is 0 Å². The van der Waals surface area contributed by atoms with Crippen molar-refractivity contribution >= 4 is 76.2 Å². The summed E-state index contributed by atoms with van der Waals surface area (Å²) in [7, 11) is 0. The van der Waals surface area contributed by atoms with Crippen LogP contribution in [-0.4, -0.2) is 119 Å². The number of nitrogens with two attached hydrogens (primary N) is 1. The zero-order chi connectivity index (χ0) is 14.4. The van der Waals surface area contributed by atoms with Gasteiger partial charge in [-0.3, -0.25) is 14.3 Å². The minimum absolute atomic E-state index is 0. The zero-order valence-corrected chi connectivity index (χ0v) is 10.2. The molecule has 6 N–H and O–H groups in total. The Kier molecular flexibility index (Phi) is 7.02. The molecule has 3 heterocycles. The van der Waals surface area contributed by atoms with E-state index < -0.39 is 36.7 Å². The second kappa shape index (κ2) is 7.71. The number of nitrogen functional groups attached to an aromatic ring is 1. The van der Waals surface area contributed by atoms with Crippen molar-refractivity contribution < 1.29 is 20.1 Å². The first-order valence-corrected chi connectivity index (χ1v) is 5.87. The van der Waals surface area contributed by atoms with Crippen LogP contribution >= 0.6 is 0 Å². The first kappa shape index (κ1) is 20.0. The molecule has 0 aromatic carbocycles. The summed E-state index contributed by atoms with van der Waals surface area (Å²) in [4.78, 5) is 21.8. The van der Waals surface area contributed by atoms with Gasteiger partial charge in [-0.05, 0) is 0 Å². The van der Waals surface area contributed by atoms with Crippen molar-refractivity contribution in [3.8, 4) is 0 Å². The molecule has 0 saturated carbocycles. The number of imidazole rings is 1. The molecule has 0 spiro atoms. The number of H-pyrrole nitrogens is 1. The number of aromatic nitrogens is 4. The van der Waals surface area contributed by atoms with Crippen LogP contribution in [0.5, 0.6) is 0 Å². The van der Waals surface area contributed by atoms with E-state index in [1.54, 1.807) is 0 Å². The molecule has 1 saturated heterocycles. The molecular formula is C10H15N5Na2O5. The summed E-state index contributed by atoms with van der Waals surface area (Å²) in [5.74, 6) is -0.101. The molecule has 1 aliphatic rings. The van der Waals surface area contributed by atoms with Gasteiger partial charge >= 0.3 is 59.1 Å². The van der Waals surface area contributed by atoms with Crippen molar-refractivity contribution in [2.24, 2.45) is 0 Å². The Balaban J connectivity index is 0.00000121. The number of fused-ring (bicyclic) bond motifs is 1. The SMILES string of the molecule is Nc1nc2c(ncn2[C@@H]2O[C@H](CO)[C@@H](O)[C@H]2O)c(=O)[nH]1.[NaH].[NaH]. The molecule has 0 radical (unpaired) electrons. The third kappa shape index (κ3) is 3.26. The Morgan fingerprint density at radius 1 is 1.36 bits per heavy atom. The minimum atomic E-state index is -1.29. The van der Waals surface area contributed by atoms with E-state index in [0.717, 1.165) is 0 Å². The van der Waals surface area contributed by atoms with Gasteiger partial charge in [0.15, 0.2) is 17.4 Å². The number of nitrogens with zero attached hydrogens (tertiary/aromatic N) is 3. The molecule has 112 valence electrons. The van der Waals surface area contributed by atoms with Crippen molar-refractivity contribution in [1.29, 1.82) is 0 Å². The van der Waals surface area contributed by atoms with Crippen molar-refractivity contribution in [1.82, 2.24) is 19.5 Å². The fourth-order valence-electron chi connectivity index (χ4n) is 2.24. The van der Waals surface area contributed by atoms with E-state index in [4.69, 9.17) is 15.6 Å². The number of rotatable bonds is 2. The predicted octanol–water partition coefficient (Wildman–Crippen LogP) is -3.98. The molecule has 1 aliphatic heterocycles. The van der Waals surface area contributed by atoms with E-state index >= 15 is 0 Å². The Morgan fingerprint density at radius 3 is 2.64 bits per heavy atom. The van der Waals surface area contributed by atoms with Crippen molar-refractivity contribution in [3.63, 3.8) is 0 Å². The van der Waals surface area contributed by atoms with Crippen LogP contribution in [0.25, 0.3) is 11.2 Å². The number of nitrogens with one attached hydrogen (secondary N) is 1. The van der Waals surface area contributed by atoms with Crippen molar-refractivity contribution in [2.45, 2.75) is 24.5 Å². The molecule has 0 bridgehead atoms. The zero-order valence-electron chi connectivity index (χ0n) is 10.2. The van der Waals surface area contributed by atoms with Crippen molar-refractivity contribution in [2.75, 3.05) is 12.3 Å². The number of hydrogen-bond acceptors (Lipinski definition) is 8. The van der Waals surface area contributed by atoms with Gasteiger partial charge < -0.3 is 25.8 Å². The molecule has 22 heavy (non-hydrogen) atoms. The second-order valence-corrected chi connectivity index (χ2v) is 4.50. The molecule has 10 nitrogen and oxygen atoms in total. The molecule has 2 aromatic rings. The molecular weight excluding hydrogens is 316 g/mol. The van der Waals surface area contributed by atoms with E-state index in [1.165, 1.54) is 10.9 Å². The molecule has 3 rings (SSSR count). The van der Waals surface area contributed by atoms with Crippen LogP contribution in [-0.2, 0) is 4.74 Å². The fraction of sp³-hybridized carbons (Fsp3) is 0.500. The van der Waals surface area contributed by atoms with Crippen LogP contribution in [0.15, 0.2) is 11.1 Å². The Bertz CT molecular complexity index is 707. The molecule has 12 heteroatoms. The summed E-state index contributed by atoms with van der Waals surface area (Å²) >= 11 is 0. The van der Waals surface area contributed by atoms with E-state index in [1.807, 2.05) is 0 Å². The van der Waals surface area contributed by atoms with Crippen LogP contribution in [0.2, 0.25) is 0 Å². The summed E-state index contributed by atoms with van der Waals surface area (Å²) in [6.07, 6.45) is -3.21. The van der Waals surface area contributed by atoms with Gasteiger partial charge in [0.25, 0.3) is 5.56 Å². The summed E-state index contributed by atoms with van der Waals surface area (Å²) in [6, 6.07) is 0. The van der Waals surface area contributed by atoms with Crippen LogP contribution < -0.4 is 11.3 Å². The molecule has 0 unspecified atom stereocenters. The molecule has 4 atom stereocenters. The standard InChI is InChI=1S/C10H13N5O5.2Na.2H/c11-10-13-7-4(8(19)14-10)12-2-15(7)9-6(18)5(17)3(1-16)20-9;;;;/h2-3,5-6,9,16-18H,1H2,(H3,11,13,14,19);;;;/t3-,5-,6-,9-;;;;/m1..../s1. The first-order valence-electron chi connectivity index (χ1n) is 5.87. The summed E-state index contributed by atoms with van der Waals surface area (Å²) in [5, 5.41) is 28.7. The maximum absolute atomic E-state index is 11.7. The fourth-order valence-corrected chi connectivity index (χ4v) is 2.24. The number of anilines is 1. The quantitative estimate of drug-likeness (QED) is 0.348. The van der Waals surface area contributed by atoms with E-state index in [0.29, 0.717) is 0 Å². The number of aliphatic hydroxyl groups is 3. The molecule has 0 aliphatic carbocycles. The second-order valence-electron chi connectivity index (χ2n) is 4.50. The number of aliphatic hydroxyl groups excluding tert-OH is 3. The van der Waals surface area contributed by atoms with Crippen LogP contribution in [0.3, 0.4) is 0 Å². The average molecular weight is 331 g/mol. The van der Waals surface area contributed by atoms with E-state index in [9.17, 15) is 15.0 Å². The molecule has 0 amide bonds. The number of aromatic amines is 1. The van der Waals surface area contributed by atoms with Gasteiger partial charge in [-0.2, -0.15) is 4.98 Å². The summed E-state index contributed by atoms with van der Waals surface area (Å²) in [5.41, 5.74) is 5.12. The Hall–Kier alpha value is -0.0100. The Labute approximate surface area is 168 Å². The topological polar surface area (TPSA) is 160 Å². The van der Waals surface area contributed by atoms with Gasteiger partial charge in [-0.15, -0.1) is 0 Å². The number of ether oxygens (including phenoxy) is 1. The van der Waals surface area contributed by atoms with Gasteiger partial charge in [-0.25, -0.2) is 4.98 Å². The van der Waals surface area contributed by atoms with Gasteiger partial charge in [0.05, 0.1) is 12.9 Å². The van der Waals surface area contributed by atoms with Crippen molar-refractivity contribution in [3.05, 3.63) is 16.7 Å². The molecule has 2 aromatic heterocycles. The van der Waals surface area contributed by atoms with Crippen LogP contribution in [0.1, 0.15) is 6.23 Å². The first-order chi connectivity index (χ1) is 9.52. The third-order valence-corrected chi connectivity index (χ3v) is 3.24. The third-order valence-electron chi connectivity index (χ3n) is 3.24. The van der Waals surface area contributed by atoms with Gasteiger partial charge in [0, 0.05) is 0 Å². The summed E-state index contributed by atoms with van der Waals surface area (Å²) in [6.45, 7) is -0.447. The summed E-state index contributed by atoms with van der Waals surface area (Å²) < 4.78 is 6.64. The normalized spacial score (nSPS) is 27.4. The van der Waals surface area contributed by atoms with E-state index in [-0.39, 0.29) is 76.2 Å². The maximum atomic E-state index is 11.7. The monoisotopic (exact) mass is 331 g/mol. The van der Waals surface area contributed by atoms with E-state index in [2.05, 4.69) is 15.0 Å².